The molecule has 7 nitrogen and oxygen atoms in total. The molecule has 28 heavy (non-hydrogen) atoms. The first-order chi connectivity index (χ1) is 13.4. The number of imide groups is 1. The molecule has 3 amide bonds. The number of hydrogen-bond acceptors (Lipinski definition) is 6. The minimum atomic E-state index is -0.638. The molecular formula is C20H16N2O5S. The first-order valence-electron chi connectivity index (χ1n) is 8.29. The fourth-order valence-corrected chi connectivity index (χ4v) is 3.02. The van der Waals surface area contributed by atoms with Gasteiger partial charge >= 0.3 is 5.97 Å². The third-order valence-electron chi connectivity index (χ3n) is 3.76. The van der Waals surface area contributed by atoms with Gasteiger partial charge in [0.15, 0.2) is 6.61 Å². The second-order valence-corrected chi connectivity index (χ2v) is 6.98. The SMILES string of the molecule is Cc1ccc(NC(=O)COC(=O)c2ccc(C=C3SC(=O)NC3=O)cc2)cc1. The molecule has 0 aromatic heterocycles. The van der Waals surface area contributed by atoms with Crippen LogP contribution in [0.4, 0.5) is 10.5 Å². The Balaban J connectivity index is 1.54. The zero-order chi connectivity index (χ0) is 20.1. The molecule has 2 aromatic carbocycles. The predicted molar refractivity (Wildman–Crippen MR) is 106 cm³/mol. The Hall–Kier alpha value is -3.39. The van der Waals surface area contributed by atoms with Crippen molar-refractivity contribution in [2.45, 2.75) is 6.92 Å². The van der Waals surface area contributed by atoms with E-state index in [1.807, 2.05) is 19.1 Å². The summed E-state index contributed by atoms with van der Waals surface area (Å²) in [5.74, 6) is -1.52. The van der Waals surface area contributed by atoms with E-state index in [1.165, 1.54) is 12.1 Å². The Morgan fingerprint density at radius 2 is 1.75 bits per heavy atom. The van der Waals surface area contributed by atoms with Crippen molar-refractivity contribution in [2.24, 2.45) is 0 Å². The summed E-state index contributed by atoms with van der Waals surface area (Å²) in [4.78, 5) is 46.9. The Morgan fingerprint density at radius 3 is 2.36 bits per heavy atom. The van der Waals surface area contributed by atoms with Crippen molar-refractivity contribution in [1.29, 1.82) is 0 Å². The van der Waals surface area contributed by atoms with E-state index in [2.05, 4.69) is 10.6 Å². The third kappa shape index (κ3) is 5.08. The minimum Gasteiger partial charge on any atom is -0.452 e. The fraction of sp³-hybridized carbons (Fsp3) is 0.100. The molecule has 1 heterocycles. The van der Waals surface area contributed by atoms with Crippen LogP contribution in [0.25, 0.3) is 6.08 Å². The summed E-state index contributed by atoms with van der Waals surface area (Å²) in [6.07, 6.45) is 1.55. The number of nitrogens with one attached hydrogen (secondary N) is 2. The molecular weight excluding hydrogens is 380 g/mol. The summed E-state index contributed by atoms with van der Waals surface area (Å²) in [7, 11) is 0. The summed E-state index contributed by atoms with van der Waals surface area (Å²) in [6.45, 7) is 1.54. The van der Waals surface area contributed by atoms with Gasteiger partial charge in [0.25, 0.3) is 17.1 Å². The van der Waals surface area contributed by atoms with E-state index in [9.17, 15) is 19.2 Å². The van der Waals surface area contributed by atoms with Crippen LogP contribution in [-0.2, 0) is 14.3 Å². The first-order valence-corrected chi connectivity index (χ1v) is 9.11. The van der Waals surface area contributed by atoms with Crippen LogP contribution >= 0.6 is 11.8 Å². The molecule has 0 bridgehead atoms. The standard InChI is InChI=1S/C20H16N2O5S/c1-12-2-8-15(9-3-12)21-17(23)11-27-19(25)14-6-4-13(5-7-14)10-16-18(24)22-20(26)28-16/h2-10H,11H2,1H3,(H,21,23)(H,22,24,26). The Kier molecular flexibility index (Phi) is 5.90. The zero-order valence-corrected chi connectivity index (χ0v) is 15.7. The quantitative estimate of drug-likeness (QED) is 0.595. The summed E-state index contributed by atoms with van der Waals surface area (Å²) < 4.78 is 5.01. The average Bonchev–Trinajstić information content (AvgIpc) is 2.99. The van der Waals surface area contributed by atoms with Crippen LogP contribution < -0.4 is 10.6 Å². The highest BCUT2D eigenvalue weighted by molar-refractivity contribution is 8.18. The molecule has 1 aliphatic heterocycles. The fourth-order valence-electron chi connectivity index (χ4n) is 2.34. The van der Waals surface area contributed by atoms with Crippen LogP contribution in [0.5, 0.6) is 0 Å². The molecule has 1 saturated heterocycles. The molecule has 0 saturated carbocycles. The lowest BCUT2D eigenvalue weighted by molar-refractivity contribution is -0.119. The van der Waals surface area contributed by atoms with Crippen molar-refractivity contribution in [2.75, 3.05) is 11.9 Å². The molecule has 0 atom stereocenters. The number of amides is 3. The van der Waals surface area contributed by atoms with Gasteiger partial charge < -0.3 is 10.1 Å². The van der Waals surface area contributed by atoms with E-state index in [4.69, 9.17) is 4.74 Å². The molecule has 142 valence electrons. The number of esters is 1. The lowest BCUT2D eigenvalue weighted by atomic mass is 10.1. The molecule has 2 aromatic rings. The molecule has 1 aliphatic rings. The number of aryl methyl sites for hydroxylation is 1. The zero-order valence-electron chi connectivity index (χ0n) is 14.9. The number of thioether (sulfide) groups is 1. The molecule has 2 N–H and O–H groups in total. The van der Waals surface area contributed by atoms with Crippen molar-refractivity contribution in [3.63, 3.8) is 0 Å². The van der Waals surface area contributed by atoms with Crippen LogP contribution in [0.3, 0.4) is 0 Å². The summed E-state index contributed by atoms with van der Waals surface area (Å²) >= 11 is 0.817. The van der Waals surface area contributed by atoms with Gasteiger partial charge in [-0.3, -0.25) is 19.7 Å². The number of carbonyl (C=O) groups is 4. The predicted octanol–water partition coefficient (Wildman–Crippen LogP) is 3.11. The van der Waals surface area contributed by atoms with E-state index in [1.54, 1.807) is 30.3 Å². The highest BCUT2D eigenvalue weighted by Crippen LogP contribution is 2.25. The molecule has 0 aliphatic carbocycles. The molecule has 8 heteroatoms. The highest BCUT2D eigenvalue weighted by Gasteiger charge is 2.24. The topological polar surface area (TPSA) is 102 Å². The van der Waals surface area contributed by atoms with Gasteiger partial charge in [-0.15, -0.1) is 0 Å². The van der Waals surface area contributed by atoms with Gasteiger partial charge in [-0.2, -0.15) is 0 Å². The highest BCUT2D eigenvalue weighted by atomic mass is 32.2. The second kappa shape index (κ2) is 8.53. The van der Waals surface area contributed by atoms with Gasteiger partial charge in [-0.25, -0.2) is 4.79 Å². The largest absolute Gasteiger partial charge is 0.452 e. The normalized spacial score (nSPS) is 14.7. The van der Waals surface area contributed by atoms with Crippen LogP contribution in [0.2, 0.25) is 0 Å². The van der Waals surface area contributed by atoms with E-state index in [0.29, 0.717) is 11.3 Å². The van der Waals surface area contributed by atoms with Crippen molar-refractivity contribution >= 4 is 46.5 Å². The summed E-state index contributed by atoms with van der Waals surface area (Å²) in [5.41, 5.74) is 2.62. The number of benzene rings is 2. The van der Waals surface area contributed by atoms with Crippen molar-refractivity contribution < 1.29 is 23.9 Å². The third-order valence-corrected chi connectivity index (χ3v) is 4.57. The van der Waals surface area contributed by atoms with Gasteiger partial charge in [0.05, 0.1) is 10.5 Å². The minimum absolute atomic E-state index is 0.268. The second-order valence-electron chi connectivity index (χ2n) is 5.96. The molecule has 3 rings (SSSR count). The van der Waals surface area contributed by atoms with E-state index in [-0.39, 0.29) is 10.5 Å². The maximum atomic E-state index is 12.1. The summed E-state index contributed by atoms with van der Waals surface area (Å²) in [6, 6.07) is 13.5. The Morgan fingerprint density at radius 1 is 1.07 bits per heavy atom. The number of ether oxygens (including phenoxy) is 1. The van der Waals surface area contributed by atoms with Crippen molar-refractivity contribution in [3.8, 4) is 0 Å². The Labute approximate surface area is 165 Å². The van der Waals surface area contributed by atoms with Gasteiger partial charge in [0, 0.05) is 5.69 Å². The average molecular weight is 396 g/mol. The maximum Gasteiger partial charge on any atom is 0.338 e. The number of hydrogen-bond donors (Lipinski definition) is 2. The molecule has 1 fully saturated rings. The van der Waals surface area contributed by atoms with E-state index < -0.39 is 29.6 Å². The Bertz CT molecular complexity index is 965. The smallest absolute Gasteiger partial charge is 0.338 e. The monoisotopic (exact) mass is 396 g/mol. The summed E-state index contributed by atoms with van der Waals surface area (Å²) in [5, 5.41) is 4.39. The van der Waals surface area contributed by atoms with Gasteiger partial charge in [-0.05, 0) is 54.6 Å². The lowest BCUT2D eigenvalue weighted by Crippen LogP contribution is -2.20. The van der Waals surface area contributed by atoms with Gasteiger partial charge in [0.2, 0.25) is 0 Å². The van der Waals surface area contributed by atoms with Gasteiger partial charge in [-0.1, -0.05) is 29.8 Å². The molecule has 0 radical (unpaired) electrons. The maximum absolute atomic E-state index is 12.1. The molecule has 0 unspecified atom stereocenters. The lowest BCUT2D eigenvalue weighted by Gasteiger charge is -2.07. The van der Waals surface area contributed by atoms with Gasteiger partial charge in [0.1, 0.15) is 0 Å². The van der Waals surface area contributed by atoms with Crippen LogP contribution in [0, 0.1) is 6.92 Å². The first kappa shape index (κ1) is 19.4. The number of carbonyl (C=O) groups excluding carboxylic acids is 4. The van der Waals surface area contributed by atoms with Crippen LogP contribution in [0.15, 0.2) is 53.4 Å². The number of rotatable bonds is 5. The van der Waals surface area contributed by atoms with Crippen LogP contribution in [0.1, 0.15) is 21.5 Å². The van der Waals surface area contributed by atoms with E-state index in [0.717, 1.165) is 17.3 Å². The van der Waals surface area contributed by atoms with Crippen molar-refractivity contribution in [1.82, 2.24) is 5.32 Å². The van der Waals surface area contributed by atoms with E-state index >= 15 is 0 Å². The van der Waals surface area contributed by atoms with Crippen molar-refractivity contribution in [3.05, 3.63) is 70.1 Å². The van der Waals surface area contributed by atoms with Crippen LogP contribution in [-0.4, -0.2) is 29.6 Å². The number of anilines is 1. The molecule has 0 spiro atoms.